The molecule has 0 amide bonds. The van der Waals surface area contributed by atoms with E-state index in [1.54, 1.807) is 4.98 Å². The van der Waals surface area contributed by atoms with Crippen molar-refractivity contribution < 1.29 is 19.3 Å². The molecule has 0 fully saturated rings. The number of aromatic amines is 1. The van der Waals surface area contributed by atoms with Crippen LogP contribution in [0.5, 0.6) is 0 Å². The van der Waals surface area contributed by atoms with Crippen molar-refractivity contribution in [3.8, 4) is 0 Å². The van der Waals surface area contributed by atoms with Gasteiger partial charge in [0.1, 0.15) is 6.73 Å². The van der Waals surface area contributed by atoms with Gasteiger partial charge in [-0.3, -0.25) is 14.3 Å². The van der Waals surface area contributed by atoms with Gasteiger partial charge in [-0.05, 0) is 0 Å². The summed E-state index contributed by atoms with van der Waals surface area (Å²) in [7, 11) is 0. The van der Waals surface area contributed by atoms with Gasteiger partial charge in [-0.2, -0.15) is 4.39 Å². The molecule has 3 N–H and O–H groups in total. The van der Waals surface area contributed by atoms with Crippen LogP contribution in [0.2, 0.25) is 0 Å². The second kappa shape index (κ2) is 5.54. The van der Waals surface area contributed by atoms with Crippen LogP contribution in [0.15, 0.2) is 15.8 Å². The average molecular weight is 234 g/mol. The lowest BCUT2D eigenvalue weighted by molar-refractivity contribution is -0.134. The molecule has 0 aromatic carbocycles. The minimum absolute atomic E-state index is 0.0272. The van der Waals surface area contributed by atoms with E-state index in [2.05, 4.69) is 0 Å². The summed E-state index contributed by atoms with van der Waals surface area (Å²) in [5, 5.41) is 17.5. The summed E-state index contributed by atoms with van der Waals surface area (Å²) in [6, 6.07) is 0. The average Bonchev–Trinajstić information content (AvgIpc) is 2.22. The number of H-pyrrole nitrogens is 1. The highest BCUT2D eigenvalue weighted by atomic mass is 19.1. The molecule has 7 nitrogen and oxygen atoms in total. The lowest BCUT2D eigenvalue weighted by Gasteiger charge is -2.11. The number of nitrogens with zero attached hydrogens (tertiary/aromatic N) is 1. The van der Waals surface area contributed by atoms with E-state index in [4.69, 9.17) is 14.9 Å². The van der Waals surface area contributed by atoms with Crippen LogP contribution in [-0.4, -0.2) is 32.7 Å². The van der Waals surface area contributed by atoms with Gasteiger partial charge >= 0.3 is 5.69 Å². The highest BCUT2D eigenvalue weighted by molar-refractivity contribution is 4.86. The van der Waals surface area contributed by atoms with Crippen LogP contribution < -0.4 is 11.2 Å². The zero-order chi connectivity index (χ0) is 12.1. The second-order valence-corrected chi connectivity index (χ2v) is 2.97. The van der Waals surface area contributed by atoms with Crippen LogP contribution in [-0.2, 0) is 11.5 Å². The molecule has 1 atom stereocenters. The van der Waals surface area contributed by atoms with E-state index in [0.29, 0.717) is 6.20 Å². The lowest BCUT2D eigenvalue weighted by Crippen LogP contribution is -2.33. The molecular weight excluding hydrogens is 223 g/mol. The first-order valence-corrected chi connectivity index (χ1v) is 4.44. The van der Waals surface area contributed by atoms with Crippen molar-refractivity contribution in [2.24, 2.45) is 0 Å². The SMILES string of the molecule is O=c1[nH]c(=O)n(COC(O)CCO)cc1F. The first-order chi connectivity index (χ1) is 7.54. The summed E-state index contributed by atoms with van der Waals surface area (Å²) >= 11 is 0. The summed E-state index contributed by atoms with van der Waals surface area (Å²) in [4.78, 5) is 23.5. The van der Waals surface area contributed by atoms with Crippen LogP contribution in [0, 0.1) is 5.82 Å². The monoisotopic (exact) mass is 234 g/mol. The van der Waals surface area contributed by atoms with Crippen molar-refractivity contribution in [3.05, 3.63) is 32.9 Å². The Morgan fingerprint density at radius 3 is 2.88 bits per heavy atom. The Hall–Kier alpha value is -1.51. The predicted octanol–water partition coefficient (Wildman–Crippen LogP) is -1.65. The molecule has 0 radical (unpaired) electrons. The van der Waals surface area contributed by atoms with E-state index in [-0.39, 0.29) is 13.0 Å². The van der Waals surface area contributed by atoms with Crippen molar-refractivity contribution in [1.82, 2.24) is 9.55 Å². The lowest BCUT2D eigenvalue weighted by atomic mass is 10.4. The Morgan fingerprint density at radius 1 is 1.56 bits per heavy atom. The van der Waals surface area contributed by atoms with Gasteiger partial charge in [0.25, 0.3) is 5.56 Å². The number of hydrogen-bond acceptors (Lipinski definition) is 5. The van der Waals surface area contributed by atoms with Gasteiger partial charge in [0.15, 0.2) is 6.29 Å². The molecule has 90 valence electrons. The van der Waals surface area contributed by atoms with E-state index in [9.17, 15) is 14.0 Å². The Kier molecular flexibility index (Phi) is 4.35. The molecule has 0 aliphatic rings. The number of aliphatic hydroxyl groups is 2. The molecule has 1 rings (SSSR count). The third-order valence-electron chi connectivity index (χ3n) is 1.75. The third kappa shape index (κ3) is 3.26. The van der Waals surface area contributed by atoms with Crippen LogP contribution in [0.3, 0.4) is 0 Å². The molecule has 0 spiro atoms. The molecule has 1 heterocycles. The van der Waals surface area contributed by atoms with E-state index >= 15 is 0 Å². The van der Waals surface area contributed by atoms with Crippen LogP contribution in [0.1, 0.15) is 6.42 Å². The predicted molar refractivity (Wildman–Crippen MR) is 50.1 cm³/mol. The van der Waals surface area contributed by atoms with Crippen molar-refractivity contribution in [2.45, 2.75) is 19.4 Å². The van der Waals surface area contributed by atoms with E-state index in [1.807, 2.05) is 0 Å². The minimum atomic E-state index is -1.26. The first kappa shape index (κ1) is 12.6. The molecule has 1 unspecified atom stereocenters. The van der Waals surface area contributed by atoms with E-state index in [0.717, 1.165) is 4.57 Å². The molecule has 1 aromatic rings. The van der Waals surface area contributed by atoms with Gasteiger partial charge in [-0.1, -0.05) is 0 Å². The fraction of sp³-hybridized carbons (Fsp3) is 0.500. The molecule has 8 heteroatoms. The molecule has 0 aliphatic heterocycles. The summed E-state index contributed by atoms with van der Waals surface area (Å²) in [5.74, 6) is -1.13. The number of rotatable bonds is 5. The smallest absolute Gasteiger partial charge is 0.330 e. The molecular formula is C8H11FN2O5. The molecule has 0 saturated carbocycles. The van der Waals surface area contributed by atoms with Gasteiger partial charge in [0.05, 0.1) is 6.20 Å². The maximum Gasteiger partial charge on any atom is 0.330 e. The number of aliphatic hydroxyl groups excluding tert-OH is 2. The quantitative estimate of drug-likeness (QED) is 0.529. The van der Waals surface area contributed by atoms with Gasteiger partial charge in [-0.25, -0.2) is 4.79 Å². The molecule has 0 saturated heterocycles. The van der Waals surface area contributed by atoms with Crippen molar-refractivity contribution in [1.29, 1.82) is 0 Å². The minimum Gasteiger partial charge on any atom is -0.396 e. The highest BCUT2D eigenvalue weighted by Crippen LogP contribution is 1.94. The molecule has 1 aromatic heterocycles. The standard InChI is InChI=1S/C8H11FN2O5/c9-5-3-11(8(15)10-7(5)14)4-16-6(13)1-2-12/h3,6,12-13H,1-2,4H2,(H,10,14,15). The molecule has 0 bridgehead atoms. The molecule has 16 heavy (non-hydrogen) atoms. The first-order valence-electron chi connectivity index (χ1n) is 4.44. The number of aromatic nitrogens is 2. The number of ether oxygens (including phenoxy) is 1. The van der Waals surface area contributed by atoms with Crippen LogP contribution in [0.4, 0.5) is 4.39 Å². The number of hydrogen-bond donors (Lipinski definition) is 3. The highest BCUT2D eigenvalue weighted by Gasteiger charge is 2.06. The zero-order valence-electron chi connectivity index (χ0n) is 8.22. The summed E-state index contributed by atoms with van der Waals surface area (Å²) < 4.78 is 18.2. The third-order valence-corrected chi connectivity index (χ3v) is 1.75. The second-order valence-electron chi connectivity index (χ2n) is 2.97. The summed E-state index contributed by atoms with van der Waals surface area (Å²) in [6.07, 6.45) is -0.611. The maximum atomic E-state index is 12.8. The topological polar surface area (TPSA) is 105 Å². The largest absolute Gasteiger partial charge is 0.396 e. The Balaban J connectivity index is 2.71. The van der Waals surface area contributed by atoms with Crippen LogP contribution >= 0.6 is 0 Å². The van der Waals surface area contributed by atoms with E-state index in [1.165, 1.54) is 0 Å². The fourth-order valence-electron chi connectivity index (χ4n) is 0.939. The Labute approximate surface area is 88.7 Å². The van der Waals surface area contributed by atoms with Crippen molar-refractivity contribution in [2.75, 3.05) is 6.61 Å². The van der Waals surface area contributed by atoms with E-state index < -0.39 is 30.1 Å². The van der Waals surface area contributed by atoms with Gasteiger partial charge < -0.3 is 14.9 Å². The Bertz CT molecular complexity index is 454. The summed E-state index contributed by atoms with van der Waals surface area (Å²) in [6.45, 7) is -0.705. The van der Waals surface area contributed by atoms with Gasteiger partial charge in [0, 0.05) is 13.0 Å². The summed E-state index contributed by atoms with van der Waals surface area (Å²) in [5.41, 5.74) is -1.96. The van der Waals surface area contributed by atoms with Crippen LogP contribution in [0.25, 0.3) is 0 Å². The van der Waals surface area contributed by atoms with Crippen molar-refractivity contribution in [3.63, 3.8) is 0 Å². The maximum absolute atomic E-state index is 12.8. The van der Waals surface area contributed by atoms with Crippen molar-refractivity contribution >= 4 is 0 Å². The normalized spacial score (nSPS) is 12.7. The fourth-order valence-corrected chi connectivity index (χ4v) is 0.939. The zero-order valence-corrected chi connectivity index (χ0v) is 8.22. The number of halogens is 1. The van der Waals surface area contributed by atoms with Gasteiger partial charge in [-0.15, -0.1) is 0 Å². The van der Waals surface area contributed by atoms with Gasteiger partial charge in [0.2, 0.25) is 5.82 Å². The molecule has 0 aliphatic carbocycles. The number of nitrogens with one attached hydrogen (secondary N) is 1. The Morgan fingerprint density at radius 2 is 2.25 bits per heavy atom.